The molecule has 0 fully saturated rings. The van der Waals surface area contributed by atoms with Crippen LogP contribution >= 0.6 is 22.9 Å². The lowest BCUT2D eigenvalue weighted by atomic mass is 10.1. The summed E-state index contributed by atoms with van der Waals surface area (Å²) >= 11 is 7.85. The molecule has 3 aromatic heterocycles. The third kappa shape index (κ3) is 7.89. The van der Waals surface area contributed by atoms with Gasteiger partial charge in [-0.15, -0.1) is 11.3 Å². The zero-order chi connectivity index (χ0) is 32.8. The molecule has 0 aliphatic heterocycles. The number of nitrogens with zero attached hydrogens (tertiary/aromatic N) is 4. The summed E-state index contributed by atoms with van der Waals surface area (Å²) in [4.78, 5) is 17.7. The van der Waals surface area contributed by atoms with Gasteiger partial charge in [0.15, 0.2) is 5.05 Å². The van der Waals surface area contributed by atoms with E-state index >= 15 is 0 Å². The summed E-state index contributed by atoms with van der Waals surface area (Å²) in [5.41, 5.74) is 3.85. The van der Waals surface area contributed by atoms with Gasteiger partial charge in [-0.2, -0.15) is 8.42 Å². The Balaban J connectivity index is 1.21. The van der Waals surface area contributed by atoms with Gasteiger partial charge < -0.3 is 19.5 Å². The van der Waals surface area contributed by atoms with Crippen LogP contribution in [0.2, 0.25) is 5.02 Å². The summed E-state index contributed by atoms with van der Waals surface area (Å²) in [5, 5.41) is 6.65. The van der Waals surface area contributed by atoms with Gasteiger partial charge >= 0.3 is 0 Å². The van der Waals surface area contributed by atoms with Gasteiger partial charge in [0, 0.05) is 40.0 Å². The fraction of sp³-hybridized carbons (Fsp3) is 0.121. The van der Waals surface area contributed by atoms with Crippen LogP contribution in [0.3, 0.4) is 0 Å². The van der Waals surface area contributed by atoms with Gasteiger partial charge in [-0.3, -0.25) is 4.98 Å². The first-order chi connectivity index (χ1) is 22.9. The van der Waals surface area contributed by atoms with Crippen molar-refractivity contribution in [3.05, 3.63) is 118 Å². The SMILES string of the molecule is COc1cc2ncnc(Nc3ccc(OCc4cccc(F)c4)c(Cl)c3)c2cc1-c1csc(COC(Cc2ccccn2)=S(=O)=O)n1. The minimum Gasteiger partial charge on any atom is -0.496 e. The van der Waals surface area contributed by atoms with Gasteiger partial charge in [0.25, 0.3) is 0 Å². The molecule has 0 aliphatic rings. The highest BCUT2D eigenvalue weighted by Gasteiger charge is 2.16. The predicted octanol–water partition coefficient (Wildman–Crippen LogP) is 7.04. The molecule has 0 bridgehead atoms. The highest BCUT2D eigenvalue weighted by atomic mass is 35.5. The maximum absolute atomic E-state index is 13.5. The zero-order valence-electron chi connectivity index (χ0n) is 24.7. The fourth-order valence-electron chi connectivity index (χ4n) is 4.62. The molecule has 47 heavy (non-hydrogen) atoms. The number of methoxy groups -OCH3 is 1. The number of thiazole rings is 1. The highest BCUT2D eigenvalue weighted by Crippen LogP contribution is 2.37. The molecule has 10 nitrogen and oxygen atoms in total. The molecule has 1 N–H and O–H groups in total. The van der Waals surface area contributed by atoms with E-state index in [9.17, 15) is 12.8 Å². The largest absolute Gasteiger partial charge is 0.496 e. The molecule has 0 aliphatic carbocycles. The molecule has 0 atom stereocenters. The van der Waals surface area contributed by atoms with E-state index in [1.54, 1.807) is 67.9 Å². The molecule has 0 amide bonds. The van der Waals surface area contributed by atoms with Gasteiger partial charge in [-0.05, 0) is 54.1 Å². The third-order valence-corrected chi connectivity index (χ3v) is 8.61. The van der Waals surface area contributed by atoms with Crippen LogP contribution in [0.25, 0.3) is 22.2 Å². The number of ether oxygens (including phenoxy) is 3. The number of nitrogens with one attached hydrogen (secondary N) is 1. The van der Waals surface area contributed by atoms with Crippen molar-refractivity contribution in [1.82, 2.24) is 19.9 Å². The molecular formula is C33H25ClFN5O5S2. The van der Waals surface area contributed by atoms with E-state index in [-0.39, 0.29) is 30.5 Å². The van der Waals surface area contributed by atoms with Crippen molar-refractivity contribution in [2.24, 2.45) is 0 Å². The summed E-state index contributed by atoms with van der Waals surface area (Å²) in [6.45, 7) is 0.133. The van der Waals surface area contributed by atoms with Gasteiger partial charge in [0.1, 0.15) is 47.7 Å². The minimum atomic E-state index is -2.55. The van der Waals surface area contributed by atoms with Crippen molar-refractivity contribution in [1.29, 1.82) is 0 Å². The van der Waals surface area contributed by atoms with E-state index < -0.39 is 10.3 Å². The van der Waals surface area contributed by atoms with E-state index in [1.165, 1.54) is 29.8 Å². The zero-order valence-corrected chi connectivity index (χ0v) is 27.1. The second-order valence-corrected chi connectivity index (χ2v) is 12.3. The number of aromatic nitrogens is 4. The Morgan fingerprint density at radius 3 is 2.64 bits per heavy atom. The Kier molecular flexibility index (Phi) is 9.97. The van der Waals surface area contributed by atoms with Gasteiger partial charge in [-0.25, -0.2) is 19.3 Å². The summed E-state index contributed by atoms with van der Waals surface area (Å²) in [7, 11) is -0.988. The standard InChI is InChI=1S/C33H25ClFN5O5S2/c1-43-30-15-27-25(14-24(30)28-18-46-31(40-28)17-45-32(47(41)42)13-22-7-2-3-10-36-22)33(38-19-37-27)39-23-8-9-29(26(34)12-23)44-16-20-5-4-6-21(35)11-20/h2-12,14-15,18-19H,13,16-17H2,1H3,(H,37,38,39). The Morgan fingerprint density at radius 1 is 0.979 bits per heavy atom. The quantitative estimate of drug-likeness (QED) is 0.142. The van der Waals surface area contributed by atoms with Crippen LogP contribution in [0.4, 0.5) is 15.9 Å². The first-order valence-electron chi connectivity index (χ1n) is 14.1. The summed E-state index contributed by atoms with van der Waals surface area (Å²) in [6, 6.07) is 20.3. The number of benzene rings is 3. The number of hydrogen-bond donors (Lipinski definition) is 1. The van der Waals surface area contributed by atoms with E-state index in [0.717, 1.165) is 0 Å². The summed E-state index contributed by atoms with van der Waals surface area (Å²) in [6.07, 6.45) is 3.08. The first kappa shape index (κ1) is 32.0. The topological polar surface area (TPSA) is 125 Å². The third-order valence-electron chi connectivity index (χ3n) is 6.86. The monoisotopic (exact) mass is 689 g/mol. The molecule has 14 heteroatoms. The minimum absolute atomic E-state index is 0.0324. The maximum atomic E-state index is 13.5. The van der Waals surface area contributed by atoms with Crippen LogP contribution in [0.15, 0.2) is 90.7 Å². The Bertz CT molecular complexity index is 2190. The number of hydrogen-bond acceptors (Lipinski definition) is 11. The van der Waals surface area contributed by atoms with E-state index in [4.69, 9.17) is 25.8 Å². The van der Waals surface area contributed by atoms with Crippen LogP contribution < -0.4 is 14.8 Å². The molecule has 6 aromatic rings. The number of rotatable bonds is 11. The van der Waals surface area contributed by atoms with Crippen LogP contribution in [0.1, 0.15) is 16.3 Å². The number of fused-ring (bicyclic) bond motifs is 1. The highest BCUT2D eigenvalue weighted by molar-refractivity contribution is 7.72. The number of halogens is 2. The van der Waals surface area contributed by atoms with E-state index in [2.05, 4.69) is 25.3 Å². The second-order valence-electron chi connectivity index (χ2n) is 10.0. The molecule has 0 saturated carbocycles. The van der Waals surface area contributed by atoms with Crippen LogP contribution in [0, 0.1) is 5.82 Å². The number of anilines is 2. The average Bonchev–Trinajstić information content (AvgIpc) is 3.55. The molecule has 6 rings (SSSR count). The van der Waals surface area contributed by atoms with E-state index in [0.29, 0.717) is 66.5 Å². The van der Waals surface area contributed by atoms with E-state index in [1.807, 2.05) is 11.4 Å². The smallest absolute Gasteiger partial charge is 0.241 e. The molecule has 3 heterocycles. The Hall–Kier alpha value is -4.95. The van der Waals surface area contributed by atoms with Gasteiger partial charge in [-0.1, -0.05) is 29.8 Å². The van der Waals surface area contributed by atoms with Crippen molar-refractivity contribution >= 4 is 60.7 Å². The lowest BCUT2D eigenvalue weighted by Gasteiger charge is -2.13. The van der Waals surface area contributed by atoms with Crippen molar-refractivity contribution in [3.63, 3.8) is 0 Å². The van der Waals surface area contributed by atoms with Crippen molar-refractivity contribution in [3.8, 4) is 22.8 Å². The normalized spacial score (nSPS) is 11.0. The van der Waals surface area contributed by atoms with Crippen molar-refractivity contribution in [2.45, 2.75) is 19.6 Å². The van der Waals surface area contributed by atoms with Crippen LogP contribution in [-0.4, -0.2) is 40.5 Å². The Labute approximate surface area is 279 Å². The molecule has 3 aromatic carbocycles. The van der Waals surface area contributed by atoms with Crippen molar-refractivity contribution < 1.29 is 27.0 Å². The summed E-state index contributed by atoms with van der Waals surface area (Å²) in [5.74, 6) is 1.19. The van der Waals surface area contributed by atoms with Crippen molar-refractivity contribution in [2.75, 3.05) is 12.4 Å². The average molecular weight is 690 g/mol. The fourth-order valence-corrected chi connectivity index (χ4v) is 5.99. The molecule has 238 valence electrons. The summed E-state index contributed by atoms with van der Waals surface area (Å²) < 4.78 is 54.2. The van der Waals surface area contributed by atoms with Gasteiger partial charge in [0.05, 0.1) is 29.8 Å². The molecule has 0 radical (unpaired) electrons. The second kappa shape index (κ2) is 14.6. The number of pyridine rings is 1. The Morgan fingerprint density at radius 2 is 1.87 bits per heavy atom. The predicted molar refractivity (Wildman–Crippen MR) is 179 cm³/mol. The first-order valence-corrected chi connectivity index (χ1v) is 16.4. The molecule has 0 spiro atoms. The van der Waals surface area contributed by atoms with Crippen LogP contribution in [-0.2, 0) is 34.7 Å². The lowest BCUT2D eigenvalue weighted by Crippen LogP contribution is -2.10. The molecule has 0 saturated heterocycles. The maximum Gasteiger partial charge on any atom is 0.241 e. The van der Waals surface area contributed by atoms with Crippen LogP contribution in [0.5, 0.6) is 11.5 Å². The molecule has 0 unspecified atom stereocenters. The molecular weight excluding hydrogens is 665 g/mol. The lowest BCUT2D eigenvalue weighted by molar-refractivity contribution is 0.292. The van der Waals surface area contributed by atoms with Gasteiger partial charge in [0.2, 0.25) is 10.3 Å².